The van der Waals surface area contributed by atoms with Crippen LogP contribution in [0.25, 0.3) is 17.8 Å². The number of nitrogens with zero attached hydrogens (tertiary/aromatic N) is 1. The summed E-state index contributed by atoms with van der Waals surface area (Å²) in [7, 11) is 4.32. The van der Waals surface area contributed by atoms with Gasteiger partial charge in [0.1, 0.15) is 0 Å². The number of ketones is 1. The number of hydrogen-bond acceptors (Lipinski definition) is 5. The second kappa shape index (κ2) is 10.9. The Bertz CT molecular complexity index is 1280. The van der Waals surface area contributed by atoms with Crippen molar-refractivity contribution in [3.8, 4) is 17.2 Å². The van der Waals surface area contributed by atoms with Gasteiger partial charge in [0.2, 0.25) is 0 Å². The lowest BCUT2D eigenvalue weighted by molar-refractivity contribution is -0.134. The van der Waals surface area contributed by atoms with Gasteiger partial charge in [-0.15, -0.1) is 0 Å². The molecule has 0 aliphatic carbocycles. The Hall–Kier alpha value is -3.77. The molecule has 34 heavy (non-hydrogen) atoms. The lowest BCUT2D eigenvalue weighted by Crippen LogP contribution is -2.10. The van der Waals surface area contributed by atoms with Gasteiger partial charge in [0.15, 0.2) is 17.3 Å². The Balaban J connectivity index is 2.23. The van der Waals surface area contributed by atoms with Crippen LogP contribution in [0.5, 0.6) is 11.5 Å². The number of carbonyl (C=O) groups is 2. The van der Waals surface area contributed by atoms with Crippen molar-refractivity contribution in [2.45, 2.75) is 13.8 Å². The molecule has 0 N–H and O–H groups in total. The minimum Gasteiger partial charge on any atom is -0.493 e. The van der Waals surface area contributed by atoms with Gasteiger partial charge in [-0.05, 0) is 61.9 Å². The zero-order valence-electron chi connectivity index (χ0n) is 19.7. The average Bonchev–Trinajstić information content (AvgIpc) is 3.22. The fraction of sp³-hybridized carbons (Fsp3) is 0.185. The van der Waals surface area contributed by atoms with E-state index in [9.17, 15) is 9.59 Å². The molecule has 0 spiro atoms. The number of carbonyl (C=O) groups excluding carboxylic acids is 2. The summed E-state index contributed by atoms with van der Waals surface area (Å²) in [6, 6.07) is 12.1. The Kier molecular flexibility index (Phi) is 7.97. The summed E-state index contributed by atoms with van der Waals surface area (Å²) in [5, 5.41) is 0.414. The molecule has 0 amide bonds. The number of para-hydroxylation sites is 1. The van der Waals surface area contributed by atoms with E-state index in [1.807, 2.05) is 36.8 Å². The maximum Gasteiger partial charge on any atom is 0.330 e. The molecule has 1 heterocycles. The molecular formula is C27H26ClNO5. The summed E-state index contributed by atoms with van der Waals surface area (Å²) in [5.74, 6) is 0.0218. The third kappa shape index (κ3) is 5.41. The highest BCUT2D eigenvalue weighted by Crippen LogP contribution is 2.34. The van der Waals surface area contributed by atoms with Crippen LogP contribution in [0, 0.1) is 0 Å². The first-order valence-corrected chi connectivity index (χ1v) is 10.9. The van der Waals surface area contributed by atoms with Gasteiger partial charge in [0, 0.05) is 28.6 Å². The van der Waals surface area contributed by atoms with Crippen LogP contribution in [0.15, 0.2) is 60.3 Å². The van der Waals surface area contributed by atoms with E-state index >= 15 is 0 Å². The first-order valence-electron chi connectivity index (χ1n) is 10.5. The third-order valence-corrected chi connectivity index (χ3v) is 5.26. The monoisotopic (exact) mass is 479 g/mol. The van der Waals surface area contributed by atoms with Crippen LogP contribution in [0.1, 0.15) is 41.0 Å². The molecule has 2 aromatic carbocycles. The van der Waals surface area contributed by atoms with Gasteiger partial charge in [-0.3, -0.25) is 4.79 Å². The highest BCUT2D eigenvalue weighted by Gasteiger charge is 2.22. The number of methoxy groups -OCH3 is 3. The lowest BCUT2D eigenvalue weighted by Gasteiger charge is -2.15. The summed E-state index contributed by atoms with van der Waals surface area (Å²) in [4.78, 5) is 25.5. The standard InChI is InChI=1S/C27H26ClNO5/c1-17(2)13-18-14-20(10-12-25(30)33-4)29(16-18)23-11-9-19(28)15-22(23)26(31)21-7-6-8-24(32-3)27(21)34-5/h6-16H,1-5H3. The van der Waals surface area contributed by atoms with Crippen molar-refractivity contribution >= 4 is 35.5 Å². The molecule has 6 nitrogen and oxygen atoms in total. The SMILES string of the molecule is COC(=O)C=Cc1cc(C=C(C)C)cn1-c1ccc(Cl)cc1C(=O)c1cccc(OC)c1OC. The van der Waals surface area contributed by atoms with Crippen LogP contribution in [-0.2, 0) is 9.53 Å². The number of ether oxygens (including phenoxy) is 3. The van der Waals surface area contributed by atoms with E-state index < -0.39 is 5.97 Å². The maximum absolute atomic E-state index is 13.7. The molecular weight excluding hydrogens is 454 g/mol. The van der Waals surface area contributed by atoms with Gasteiger partial charge in [0.25, 0.3) is 0 Å². The Morgan fingerprint density at radius 1 is 0.971 bits per heavy atom. The molecule has 0 radical (unpaired) electrons. The van der Waals surface area contributed by atoms with E-state index in [0.29, 0.717) is 39.0 Å². The highest BCUT2D eigenvalue weighted by atomic mass is 35.5. The van der Waals surface area contributed by atoms with E-state index in [2.05, 4.69) is 0 Å². The molecule has 0 fully saturated rings. The summed E-state index contributed by atoms with van der Waals surface area (Å²) in [5.41, 5.74) is 4.01. The number of allylic oxidation sites excluding steroid dienone is 1. The van der Waals surface area contributed by atoms with E-state index in [1.54, 1.807) is 42.5 Å². The average molecular weight is 480 g/mol. The zero-order valence-corrected chi connectivity index (χ0v) is 20.5. The van der Waals surface area contributed by atoms with Crippen molar-refractivity contribution < 1.29 is 23.8 Å². The molecule has 3 aromatic rings. The van der Waals surface area contributed by atoms with Crippen molar-refractivity contribution in [1.82, 2.24) is 4.57 Å². The minimum atomic E-state index is -0.481. The highest BCUT2D eigenvalue weighted by molar-refractivity contribution is 6.31. The molecule has 3 rings (SSSR count). The molecule has 0 saturated heterocycles. The first kappa shape index (κ1) is 24.9. The number of esters is 1. The minimum absolute atomic E-state index is 0.284. The third-order valence-electron chi connectivity index (χ3n) is 5.03. The number of rotatable bonds is 8. The predicted octanol–water partition coefficient (Wildman–Crippen LogP) is 5.99. The van der Waals surface area contributed by atoms with Crippen molar-refractivity contribution in [1.29, 1.82) is 0 Å². The summed E-state index contributed by atoms with van der Waals surface area (Å²) in [6.45, 7) is 3.99. The zero-order chi connectivity index (χ0) is 24.8. The van der Waals surface area contributed by atoms with Crippen molar-refractivity contribution in [3.05, 3.63) is 87.7 Å². The quantitative estimate of drug-likeness (QED) is 0.225. The Morgan fingerprint density at radius 3 is 2.38 bits per heavy atom. The topological polar surface area (TPSA) is 66.8 Å². The van der Waals surface area contributed by atoms with Crippen molar-refractivity contribution in [2.24, 2.45) is 0 Å². The van der Waals surface area contributed by atoms with Crippen molar-refractivity contribution in [2.75, 3.05) is 21.3 Å². The second-order valence-electron chi connectivity index (χ2n) is 7.68. The lowest BCUT2D eigenvalue weighted by atomic mass is 10.00. The molecule has 0 saturated carbocycles. The summed E-state index contributed by atoms with van der Waals surface area (Å²) in [6.07, 6.45) is 6.88. The van der Waals surface area contributed by atoms with E-state index in [4.69, 9.17) is 25.8 Å². The molecule has 7 heteroatoms. The van der Waals surface area contributed by atoms with Crippen LogP contribution in [0.3, 0.4) is 0 Å². The van der Waals surface area contributed by atoms with Crippen LogP contribution in [0.4, 0.5) is 0 Å². The Labute approximate surface area is 204 Å². The molecule has 176 valence electrons. The molecule has 0 aliphatic rings. The molecule has 0 bridgehead atoms. The maximum atomic E-state index is 13.7. The van der Waals surface area contributed by atoms with Gasteiger partial charge < -0.3 is 18.8 Å². The molecule has 0 atom stereocenters. The normalized spacial score (nSPS) is 10.8. The van der Waals surface area contributed by atoms with E-state index in [0.717, 1.165) is 11.1 Å². The molecule has 1 aromatic heterocycles. The number of hydrogen-bond donors (Lipinski definition) is 0. The van der Waals surface area contributed by atoms with Crippen molar-refractivity contribution in [3.63, 3.8) is 0 Å². The molecule has 0 aliphatic heterocycles. The summed E-state index contributed by atoms with van der Waals surface area (Å²) >= 11 is 6.30. The fourth-order valence-electron chi connectivity index (χ4n) is 3.58. The van der Waals surface area contributed by atoms with Gasteiger partial charge in [-0.2, -0.15) is 0 Å². The first-order chi connectivity index (χ1) is 16.3. The fourth-order valence-corrected chi connectivity index (χ4v) is 3.76. The summed E-state index contributed by atoms with van der Waals surface area (Å²) < 4.78 is 17.4. The van der Waals surface area contributed by atoms with E-state index in [-0.39, 0.29) is 5.78 Å². The number of aromatic nitrogens is 1. The Morgan fingerprint density at radius 2 is 1.74 bits per heavy atom. The van der Waals surface area contributed by atoms with Crippen LogP contribution in [0.2, 0.25) is 5.02 Å². The van der Waals surface area contributed by atoms with E-state index in [1.165, 1.54) is 27.4 Å². The predicted molar refractivity (Wildman–Crippen MR) is 134 cm³/mol. The largest absolute Gasteiger partial charge is 0.493 e. The molecule has 0 unspecified atom stereocenters. The number of halogens is 1. The van der Waals surface area contributed by atoms with Gasteiger partial charge in [-0.1, -0.05) is 29.3 Å². The van der Waals surface area contributed by atoms with Gasteiger partial charge in [0.05, 0.1) is 32.6 Å². The smallest absolute Gasteiger partial charge is 0.330 e. The second-order valence-corrected chi connectivity index (χ2v) is 8.11. The van der Waals surface area contributed by atoms with Crippen LogP contribution >= 0.6 is 11.6 Å². The van der Waals surface area contributed by atoms with Gasteiger partial charge in [-0.25, -0.2) is 4.79 Å². The van der Waals surface area contributed by atoms with Gasteiger partial charge >= 0.3 is 5.97 Å². The van der Waals surface area contributed by atoms with Crippen LogP contribution < -0.4 is 9.47 Å². The number of benzene rings is 2. The van der Waals surface area contributed by atoms with Crippen LogP contribution in [-0.4, -0.2) is 37.6 Å².